The van der Waals surface area contributed by atoms with E-state index in [2.05, 4.69) is 11.8 Å². The Morgan fingerprint density at radius 1 is 1.47 bits per heavy atom. The molecule has 1 rings (SSSR count). The van der Waals surface area contributed by atoms with E-state index >= 15 is 0 Å². The summed E-state index contributed by atoms with van der Waals surface area (Å²) < 4.78 is 5.36. The Hall–Kier alpha value is -0.120. The van der Waals surface area contributed by atoms with Crippen LogP contribution in [0.5, 0.6) is 0 Å². The molecule has 2 unspecified atom stereocenters. The summed E-state index contributed by atoms with van der Waals surface area (Å²) in [5.74, 6) is 0. The molecule has 1 aliphatic heterocycles. The molecule has 1 aliphatic rings. The van der Waals surface area contributed by atoms with Crippen molar-refractivity contribution >= 4 is 0 Å². The second-order valence-electron chi connectivity index (χ2n) is 4.51. The average Bonchev–Trinajstić information content (AvgIpc) is 2.25. The second-order valence-corrected chi connectivity index (χ2v) is 4.51. The molecular formula is C12H26N2O. The van der Waals surface area contributed by atoms with Gasteiger partial charge in [0.15, 0.2) is 0 Å². The number of piperidine rings is 1. The summed E-state index contributed by atoms with van der Waals surface area (Å²) in [5.41, 5.74) is 6.02. The van der Waals surface area contributed by atoms with Crippen molar-refractivity contribution < 1.29 is 4.74 Å². The Balaban J connectivity index is 2.23. The quantitative estimate of drug-likeness (QED) is 0.683. The highest BCUT2D eigenvalue weighted by Gasteiger charge is 2.24. The maximum atomic E-state index is 6.02. The van der Waals surface area contributed by atoms with Gasteiger partial charge < -0.3 is 10.5 Å². The highest BCUT2D eigenvalue weighted by Crippen LogP contribution is 2.18. The molecule has 2 N–H and O–H groups in total. The number of ether oxygens (including phenoxy) is 1. The minimum absolute atomic E-state index is 0.303. The molecule has 0 aromatic heterocycles. The Labute approximate surface area is 94.0 Å². The van der Waals surface area contributed by atoms with Gasteiger partial charge in [0.05, 0.1) is 0 Å². The van der Waals surface area contributed by atoms with E-state index in [4.69, 9.17) is 10.5 Å². The van der Waals surface area contributed by atoms with E-state index in [1.54, 1.807) is 0 Å². The Kier molecular flexibility index (Phi) is 6.22. The van der Waals surface area contributed by atoms with Crippen LogP contribution < -0.4 is 5.73 Å². The summed E-state index contributed by atoms with van der Waals surface area (Å²) in [4.78, 5) is 2.55. The first-order valence-electron chi connectivity index (χ1n) is 6.33. The number of nitrogens with two attached hydrogens (primary N) is 1. The summed E-state index contributed by atoms with van der Waals surface area (Å²) in [6, 6.07) is 0.901. The maximum Gasteiger partial charge on any atom is 0.0478 e. The summed E-state index contributed by atoms with van der Waals surface area (Å²) in [5, 5.41) is 0. The van der Waals surface area contributed by atoms with Crippen molar-refractivity contribution in [2.45, 2.75) is 51.6 Å². The smallest absolute Gasteiger partial charge is 0.0478 e. The van der Waals surface area contributed by atoms with Crippen LogP contribution >= 0.6 is 0 Å². The molecule has 0 aromatic rings. The first kappa shape index (κ1) is 12.9. The van der Waals surface area contributed by atoms with Gasteiger partial charge in [-0.2, -0.15) is 0 Å². The van der Waals surface area contributed by atoms with Crippen LogP contribution in [0.25, 0.3) is 0 Å². The number of rotatable bonds is 6. The molecule has 0 saturated carbocycles. The largest absolute Gasteiger partial charge is 0.382 e. The number of nitrogens with zero attached hydrogens (tertiary/aromatic N) is 1. The summed E-state index contributed by atoms with van der Waals surface area (Å²) in [6.45, 7) is 8.26. The predicted octanol–water partition coefficient (Wildman–Crippen LogP) is 1.61. The van der Waals surface area contributed by atoms with Crippen molar-refractivity contribution in [3.8, 4) is 0 Å². The zero-order valence-corrected chi connectivity index (χ0v) is 10.2. The zero-order chi connectivity index (χ0) is 11.1. The standard InChI is InChI=1S/C12H26N2O/c1-3-15-10-6-9-14-8-5-4-7-12(14)11(2)13/h11-12H,3-10,13H2,1-2H3. The lowest BCUT2D eigenvalue weighted by molar-refractivity contribution is 0.0974. The first-order valence-corrected chi connectivity index (χ1v) is 6.33. The van der Waals surface area contributed by atoms with E-state index in [-0.39, 0.29) is 0 Å². The normalized spacial score (nSPS) is 25.4. The van der Waals surface area contributed by atoms with Gasteiger partial charge in [0, 0.05) is 31.8 Å². The zero-order valence-electron chi connectivity index (χ0n) is 10.2. The van der Waals surface area contributed by atoms with E-state index in [1.165, 1.54) is 25.8 Å². The van der Waals surface area contributed by atoms with Crippen molar-refractivity contribution in [3.05, 3.63) is 0 Å². The molecule has 2 atom stereocenters. The van der Waals surface area contributed by atoms with Crippen molar-refractivity contribution in [2.24, 2.45) is 5.73 Å². The van der Waals surface area contributed by atoms with Crippen LogP contribution in [-0.2, 0) is 4.74 Å². The summed E-state index contributed by atoms with van der Waals surface area (Å²) in [6.07, 6.45) is 5.08. The molecular weight excluding hydrogens is 188 g/mol. The fourth-order valence-electron chi connectivity index (χ4n) is 2.40. The number of hydrogen-bond acceptors (Lipinski definition) is 3. The molecule has 3 heteroatoms. The van der Waals surface area contributed by atoms with Crippen molar-refractivity contribution in [1.29, 1.82) is 0 Å². The van der Waals surface area contributed by atoms with E-state index in [0.717, 1.165) is 26.2 Å². The van der Waals surface area contributed by atoms with Gasteiger partial charge in [0.1, 0.15) is 0 Å². The van der Waals surface area contributed by atoms with E-state index < -0.39 is 0 Å². The van der Waals surface area contributed by atoms with Crippen molar-refractivity contribution in [1.82, 2.24) is 4.90 Å². The first-order chi connectivity index (χ1) is 7.25. The lowest BCUT2D eigenvalue weighted by atomic mass is 9.97. The van der Waals surface area contributed by atoms with Crippen LogP contribution in [0.3, 0.4) is 0 Å². The van der Waals surface area contributed by atoms with Crippen LogP contribution in [0.2, 0.25) is 0 Å². The summed E-state index contributed by atoms with van der Waals surface area (Å²) in [7, 11) is 0. The van der Waals surface area contributed by atoms with Gasteiger partial charge in [0.2, 0.25) is 0 Å². The lowest BCUT2D eigenvalue weighted by Crippen LogP contribution is -2.49. The summed E-state index contributed by atoms with van der Waals surface area (Å²) >= 11 is 0. The third-order valence-electron chi connectivity index (χ3n) is 3.21. The average molecular weight is 214 g/mol. The molecule has 1 heterocycles. The molecule has 0 bridgehead atoms. The van der Waals surface area contributed by atoms with Gasteiger partial charge in [-0.25, -0.2) is 0 Å². The Morgan fingerprint density at radius 2 is 2.27 bits per heavy atom. The molecule has 0 spiro atoms. The monoisotopic (exact) mass is 214 g/mol. The van der Waals surface area contributed by atoms with E-state index in [0.29, 0.717) is 12.1 Å². The van der Waals surface area contributed by atoms with E-state index in [1.807, 2.05) is 6.92 Å². The maximum absolute atomic E-state index is 6.02. The van der Waals surface area contributed by atoms with Crippen LogP contribution in [0.4, 0.5) is 0 Å². The topological polar surface area (TPSA) is 38.5 Å². The Bertz CT molecular complexity index is 162. The van der Waals surface area contributed by atoms with Crippen LogP contribution in [0.15, 0.2) is 0 Å². The van der Waals surface area contributed by atoms with Gasteiger partial charge >= 0.3 is 0 Å². The van der Waals surface area contributed by atoms with Gasteiger partial charge in [0.25, 0.3) is 0 Å². The third-order valence-corrected chi connectivity index (χ3v) is 3.21. The third kappa shape index (κ3) is 4.49. The highest BCUT2D eigenvalue weighted by atomic mass is 16.5. The molecule has 0 radical (unpaired) electrons. The molecule has 3 nitrogen and oxygen atoms in total. The van der Waals surface area contributed by atoms with Gasteiger partial charge in [-0.05, 0) is 39.7 Å². The highest BCUT2D eigenvalue weighted by molar-refractivity contribution is 4.82. The lowest BCUT2D eigenvalue weighted by Gasteiger charge is -2.38. The molecule has 0 aliphatic carbocycles. The van der Waals surface area contributed by atoms with E-state index in [9.17, 15) is 0 Å². The molecule has 1 fully saturated rings. The molecule has 1 saturated heterocycles. The molecule has 90 valence electrons. The van der Waals surface area contributed by atoms with Gasteiger partial charge in [-0.1, -0.05) is 6.42 Å². The Morgan fingerprint density at radius 3 is 2.93 bits per heavy atom. The molecule has 15 heavy (non-hydrogen) atoms. The van der Waals surface area contributed by atoms with Gasteiger partial charge in [-0.3, -0.25) is 4.90 Å². The number of hydrogen-bond donors (Lipinski definition) is 1. The van der Waals surface area contributed by atoms with Crippen molar-refractivity contribution in [2.75, 3.05) is 26.3 Å². The number of likely N-dealkylation sites (tertiary alicyclic amines) is 1. The van der Waals surface area contributed by atoms with Crippen molar-refractivity contribution in [3.63, 3.8) is 0 Å². The van der Waals surface area contributed by atoms with Crippen LogP contribution in [0.1, 0.15) is 39.5 Å². The fraction of sp³-hybridized carbons (Fsp3) is 1.00. The van der Waals surface area contributed by atoms with Gasteiger partial charge in [-0.15, -0.1) is 0 Å². The van der Waals surface area contributed by atoms with Crippen LogP contribution in [0, 0.1) is 0 Å². The minimum Gasteiger partial charge on any atom is -0.382 e. The fourth-order valence-corrected chi connectivity index (χ4v) is 2.40. The minimum atomic E-state index is 0.303. The molecule has 0 amide bonds. The molecule has 0 aromatic carbocycles. The second kappa shape index (κ2) is 7.20. The SMILES string of the molecule is CCOCCCN1CCCCC1C(C)N. The van der Waals surface area contributed by atoms with Crippen LogP contribution in [-0.4, -0.2) is 43.3 Å². The predicted molar refractivity (Wildman–Crippen MR) is 64.0 cm³/mol.